The summed E-state index contributed by atoms with van der Waals surface area (Å²) in [7, 11) is 0. The second kappa shape index (κ2) is 6.73. The van der Waals surface area contributed by atoms with Crippen LogP contribution in [0.1, 0.15) is 30.6 Å². The lowest BCUT2D eigenvalue weighted by atomic mass is 10.2. The first-order valence-electron chi connectivity index (χ1n) is 5.66. The normalized spacial score (nSPS) is 10.6. The maximum Gasteiger partial charge on any atom is 0.305 e. The van der Waals surface area contributed by atoms with Crippen molar-refractivity contribution in [1.29, 1.82) is 0 Å². The number of hydrogen-bond donors (Lipinski definition) is 1. The molecule has 0 fully saturated rings. The van der Waals surface area contributed by atoms with Gasteiger partial charge in [0.2, 0.25) is 0 Å². The Kier molecular flexibility index (Phi) is 5.57. The van der Waals surface area contributed by atoms with Gasteiger partial charge in [0, 0.05) is 18.8 Å². The Morgan fingerprint density at radius 1 is 1.42 bits per heavy atom. The maximum absolute atomic E-state index is 12.3. The molecule has 1 aromatic rings. The zero-order chi connectivity index (χ0) is 14.6. The summed E-state index contributed by atoms with van der Waals surface area (Å²) in [4.78, 5) is 28.2. The van der Waals surface area contributed by atoms with Gasteiger partial charge in [-0.25, -0.2) is 4.98 Å². The van der Waals surface area contributed by atoms with E-state index in [-0.39, 0.29) is 40.7 Å². The van der Waals surface area contributed by atoms with Crippen LogP contribution in [0.5, 0.6) is 0 Å². The zero-order valence-electron chi connectivity index (χ0n) is 10.6. The van der Waals surface area contributed by atoms with Crippen LogP contribution in [0.15, 0.2) is 12.3 Å². The van der Waals surface area contributed by atoms with E-state index < -0.39 is 5.97 Å². The van der Waals surface area contributed by atoms with Crippen LogP contribution in [0.3, 0.4) is 0 Å². The first kappa shape index (κ1) is 15.7. The number of carbonyl (C=O) groups excluding carboxylic acids is 1. The van der Waals surface area contributed by atoms with Gasteiger partial charge in [-0.1, -0.05) is 23.2 Å². The van der Waals surface area contributed by atoms with Gasteiger partial charge in [-0.05, 0) is 19.9 Å². The van der Waals surface area contributed by atoms with Crippen LogP contribution in [0.25, 0.3) is 0 Å². The number of aromatic nitrogens is 1. The van der Waals surface area contributed by atoms with E-state index in [1.807, 2.05) is 0 Å². The highest BCUT2D eigenvalue weighted by Crippen LogP contribution is 2.21. The Bertz CT molecular complexity index is 492. The summed E-state index contributed by atoms with van der Waals surface area (Å²) in [5, 5.41) is 9.05. The van der Waals surface area contributed by atoms with E-state index in [1.54, 1.807) is 13.8 Å². The molecule has 0 unspecified atom stereocenters. The molecule has 0 saturated carbocycles. The first-order chi connectivity index (χ1) is 8.82. The summed E-state index contributed by atoms with van der Waals surface area (Å²) in [6.45, 7) is 3.72. The number of nitrogens with zero attached hydrogens (tertiary/aromatic N) is 2. The summed E-state index contributed by atoms with van der Waals surface area (Å²) in [6, 6.07) is 1.23. The van der Waals surface area contributed by atoms with Crippen molar-refractivity contribution in [2.75, 3.05) is 6.54 Å². The number of pyridine rings is 1. The number of aliphatic carboxylic acids is 1. The van der Waals surface area contributed by atoms with Crippen molar-refractivity contribution in [2.45, 2.75) is 26.3 Å². The minimum Gasteiger partial charge on any atom is -0.481 e. The SMILES string of the molecule is CC(C)N(CCC(=O)O)C(=O)c1cc(Cl)ncc1Cl. The molecular weight excluding hydrogens is 291 g/mol. The van der Waals surface area contributed by atoms with Crippen LogP contribution >= 0.6 is 23.2 Å². The molecule has 0 atom stereocenters. The fourth-order valence-electron chi connectivity index (χ4n) is 1.54. The Labute approximate surface area is 121 Å². The van der Waals surface area contributed by atoms with E-state index in [0.717, 1.165) is 0 Å². The fourth-order valence-corrected chi connectivity index (χ4v) is 1.88. The molecular formula is C12H14Cl2N2O3. The van der Waals surface area contributed by atoms with Crippen LogP contribution in [0, 0.1) is 0 Å². The van der Waals surface area contributed by atoms with E-state index >= 15 is 0 Å². The fraction of sp³-hybridized carbons (Fsp3) is 0.417. The van der Waals surface area contributed by atoms with E-state index in [1.165, 1.54) is 17.2 Å². The third kappa shape index (κ3) is 4.36. The molecule has 0 aliphatic rings. The number of carboxylic acids is 1. The predicted molar refractivity (Wildman–Crippen MR) is 72.7 cm³/mol. The van der Waals surface area contributed by atoms with Crippen molar-refractivity contribution in [3.63, 3.8) is 0 Å². The van der Waals surface area contributed by atoms with E-state index in [4.69, 9.17) is 28.3 Å². The van der Waals surface area contributed by atoms with E-state index in [9.17, 15) is 9.59 Å². The quantitative estimate of drug-likeness (QED) is 0.849. The van der Waals surface area contributed by atoms with E-state index in [2.05, 4.69) is 4.98 Å². The molecule has 0 aliphatic heterocycles. The van der Waals surface area contributed by atoms with E-state index in [0.29, 0.717) is 0 Å². The first-order valence-corrected chi connectivity index (χ1v) is 6.42. The lowest BCUT2D eigenvalue weighted by Gasteiger charge is -2.26. The smallest absolute Gasteiger partial charge is 0.305 e. The third-order valence-electron chi connectivity index (χ3n) is 2.50. The van der Waals surface area contributed by atoms with Crippen molar-refractivity contribution in [2.24, 2.45) is 0 Å². The summed E-state index contributed by atoms with van der Waals surface area (Å²) in [5.41, 5.74) is 0.223. The van der Waals surface area contributed by atoms with Crippen LogP contribution in [-0.4, -0.2) is 39.5 Å². The molecule has 1 aromatic heterocycles. The van der Waals surface area contributed by atoms with Gasteiger partial charge in [0.05, 0.1) is 17.0 Å². The monoisotopic (exact) mass is 304 g/mol. The summed E-state index contributed by atoms with van der Waals surface area (Å²) < 4.78 is 0. The predicted octanol–water partition coefficient (Wildman–Crippen LogP) is 2.71. The highest BCUT2D eigenvalue weighted by molar-refractivity contribution is 6.35. The van der Waals surface area contributed by atoms with Gasteiger partial charge in [-0.15, -0.1) is 0 Å². The van der Waals surface area contributed by atoms with Crippen molar-refractivity contribution >= 4 is 35.1 Å². The van der Waals surface area contributed by atoms with Crippen LogP contribution in [0.2, 0.25) is 10.2 Å². The summed E-state index contributed by atoms with van der Waals surface area (Å²) in [5.74, 6) is -1.32. The average molecular weight is 305 g/mol. The molecule has 104 valence electrons. The molecule has 1 N–H and O–H groups in total. The maximum atomic E-state index is 12.3. The summed E-state index contributed by atoms with van der Waals surface area (Å²) >= 11 is 11.7. The molecule has 19 heavy (non-hydrogen) atoms. The number of carbonyl (C=O) groups is 2. The van der Waals surface area contributed by atoms with Crippen molar-refractivity contribution < 1.29 is 14.7 Å². The largest absolute Gasteiger partial charge is 0.481 e. The molecule has 0 aromatic carbocycles. The van der Waals surface area contributed by atoms with Crippen LogP contribution in [0.4, 0.5) is 0 Å². The molecule has 1 rings (SSSR count). The topological polar surface area (TPSA) is 70.5 Å². The summed E-state index contributed by atoms with van der Waals surface area (Å²) in [6.07, 6.45) is 1.17. The molecule has 0 saturated heterocycles. The van der Waals surface area contributed by atoms with Gasteiger partial charge in [0.1, 0.15) is 5.15 Å². The third-order valence-corrected chi connectivity index (χ3v) is 3.01. The molecule has 5 nitrogen and oxygen atoms in total. The Morgan fingerprint density at radius 2 is 2.05 bits per heavy atom. The number of rotatable bonds is 5. The second-order valence-corrected chi connectivity index (χ2v) is 5.02. The molecule has 0 aliphatic carbocycles. The van der Waals surface area contributed by atoms with Gasteiger partial charge in [-0.3, -0.25) is 9.59 Å². The molecule has 0 radical (unpaired) electrons. The lowest BCUT2D eigenvalue weighted by Crippen LogP contribution is -2.38. The number of amides is 1. The van der Waals surface area contributed by atoms with Crippen LogP contribution in [-0.2, 0) is 4.79 Å². The molecule has 0 bridgehead atoms. The van der Waals surface area contributed by atoms with Crippen molar-refractivity contribution in [3.8, 4) is 0 Å². The average Bonchev–Trinajstić information content (AvgIpc) is 2.31. The van der Waals surface area contributed by atoms with Crippen molar-refractivity contribution in [1.82, 2.24) is 9.88 Å². The standard InChI is InChI=1S/C12H14Cl2N2O3/c1-7(2)16(4-3-11(17)18)12(19)8-5-10(14)15-6-9(8)13/h5-7H,3-4H2,1-2H3,(H,17,18). The van der Waals surface area contributed by atoms with Crippen LogP contribution < -0.4 is 0 Å². The molecule has 7 heteroatoms. The number of carboxylic acid groups (broad SMARTS) is 1. The van der Waals surface area contributed by atoms with Gasteiger partial charge in [0.15, 0.2) is 0 Å². The Morgan fingerprint density at radius 3 is 2.58 bits per heavy atom. The second-order valence-electron chi connectivity index (χ2n) is 4.22. The molecule has 1 amide bonds. The van der Waals surface area contributed by atoms with Gasteiger partial charge < -0.3 is 10.0 Å². The Hall–Kier alpha value is -1.33. The van der Waals surface area contributed by atoms with Gasteiger partial charge >= 0.3 is 5.97 Å². The zero-order valence-corrected chi connectivity index (χ0v) is 12.1. The highest BCUT2D eigenvalue weighted by Gasteiger charge is 2.22. The molecule has 1 heterocycles. The minimum atomic E-state index is -0.961. The lowest BCUT2D eigenvalue weighted by molar-refractivity contribution is -0.137. The number of hydrogen-bond acceptors (Lipinski definition) is 3. The van der Waals surface area contributed by atoms with Gasteiger partial charge in [-0.2, -0.15) is 0 Å². The molecule has 0 spiro atoms. The van der Waals surface area contributed by atoms with Crippen molar-refractivity contribution in [3.05, 3.63) is 28.0 Å². The Balaban J connectivity index is 2.99. The minimum absolute atomic E-state index is 0.113. The van der Waals surface area contributed by atoms with Gasteiger partial charge in [0.25, 0.3) is 5.91 Å². The highest BCUT2D eigenvalue weighted by atomic mass is 35.5. The number of halogens is 2.